The minimum Gasteiger partial charge on any atom is -0.493 e. The first kappa shape index (κ1) is 21.0. The molecular weight excluding hydrogens is 322 g/mol. The summed E-state index contributed by atoms with van der Waals surface area (Å²) in [6.45, 7) is 8.43. The second-order valence-electron chi connectivity index (χ2n) is 5.86. The Morgan fingerprint density at radius 1 is 1.16 bits per heavy atom. The number of hydrogen-bond donors (Lipinski definition) is 1. The fourth-order valence-corrected chi connectivity index (χ4v) is 2.51. The molecule has 0 radical (unpaired) electrons. The van der Waals surface area contributed by atoms with Gasteiger partial charge in [-0.2, -0.15) is 0 Å². The highest BCUT2D eigenvalue weighted by Gasteiger charge is 2.33. The van der Waals surface area contributed by atoms with Gasteiger partial charge >= 0.3 is 5.97 Å². The van der Waals surface area contributed by atoms with Crippen LogP contribution in [0.4, 0.5) is 5.69 Å². The molecule has 1 amide bonds. The molecule has 6 heteroatoms. The Kier molecular flexibility index (Phi) is 8.41. The molecule has 0 fully saturated rings. The molecule has 25 heavy (non-hydrogen) atoms. The Balaban J connectivity index is 3.03. The van der Waals surface area contributed by atoms with E-state index >= 15 is 0 Å². The van der Waals surface area contributed by atoms with Crippen molar-refractivity contribution in [1.29, 1.82) is 0 Å². The third-order valence-electron chi connectivity index (χ3n) is 3.89. The zero-order chi connectivity index (χ0) is 18.9. The predicted octanol–water partition coefficient (Wildman–Crippen LogP) is 3.80. The van der Waals surface area contributed by atoms with E-state index in [1.807, 2.05) is 13.8 Å². The van der Waals surface area contributed by atoms with Gasteiger partial charge in [-0.15, -0.1) is 0 Å². The van der Waals surface area contributed by atoms with Crippen molar-refractivity contribution in [2.45, 2.75) is 52.6 Å². The number of unbranched alkanes of at least 4 members (excludes halogenated alkanes) is 1. The van der Waals surface area contributed by atoms with Gasteiger partial charge < -0.3 is 19.5 Å². The summed E-state index contributed by atoms with van der Waals surface area (Å²) < 4.78 is 15.9. The van der Waals surface area contributed by atoms with E-state index in [-0.39, 0.29) is 11.5 Å². The normalized spacial score (nSPS) is 13.0. The first-order valence-corrected chi connectivity index (χ1v) is 8.72. The number of carbonyl (C=O) groups excluding carboxylic acids is 2. The molecule has 1 N–H and O–H groups in total. The molecule has 0 bridgehead atoms. The van der Waals surface area contributed by atoms with Crippen LogP contribution in [0.15, 0.2) is 18.2 Å². The number of anilines is 1. The van der Waals surface area contributed by atoms with E-state index in [9.17, 15) is 9.59 Å². The minimum absolute atomic E-state index is 0.234. The molecule has 0 spiro atoms. The lowest BCUT2D eigenvalue weighted by Crippen LogP contribution is -2.42. The number of amides is 1. The predicted molar refractivity (Wildman–Crippen MR) is 97.1 cm³/mol. The Bertz CT molecular complexity index is 587. The summed E-state index contributed by atoms with van der Waals surface area (Å²) in [6, 6.07) is 4.90. The van der Waals surface area contributed by atoms with Crippen LogP contribution >= 0.6 is 0 Å². The van der Waals surface area contributed by atoms with Crippen molar-refractivity contribution in [3.05, 3.63) is 23.8 Å². The molecule has 0 aliphatic heterocycles. The van der Waals surface area contributed by atoms with Crippen LogP contribution in [-0.4, -0.2) is 37.8 Å². The third kappa shape index (κ3) is 5.74. The van der Waals surface area contributed by atoms with E-state index < -0.39 is 11.6 Å². The van der Waals surface area contributed by atoms with Crippen molar-refractivity contribution in [3.63, 3.8) is 0 Å². The van der Waals surface area contributed by atoms with Gasteiger partial charge in [-0.25, -0.2) is 4.79 Å². The maximum absolute atomic E-state index is 12.7. The monoisotopic (exact) mass is 351 g/mol. The van der Waals surface area contributed by atoms with Gasteiger partial charge in [0.05, 0.1) is 13.7 Å². The zero-order valence-corrected chi connectivity index (χ0v) is 15.8. The van der Waals surface area contributed by atoms with Crippen LogP contribution in [-0.2, 0) is 14.3 Å². The summed E-state index contributed by atoms with van der Waals surface area (Å²) in [5.41, 5.74) is -0.139. The van der Waals surface area contributed by atoms with E-state index in [1.54, 1.807) is 25.1 Å². The van der Waals surface area contributed by atoms with Crippen LogP contribution in [0.25, 0.3) is 0 Å². The summed E-state index contributed by atoms with van der Waals surface area (Å²) in [7, 11) is 1.31. The molecular formula is C19H29NO5. The molecule has 0 aliphatic carbocycles. The van der Waals surface area contributed by atoms with Gasteiger partial charge in [0.25, 0.3) is 5.91 Å². The summed E-state index contributed by atoms with van der Waals surface area (Å²) in [5, 5.41) is 2.84. The second kappa shape index (κ2) is 10.0. The first-order valence-electron chi connectivity index (χ1n) is 8.72. The summed E-state index contributed by atoms with van der Waals surface area (Å²) >= 11 is 0. The number of ether oxygens (including phenoxy) is 3. The van der Waals surface area contributed by atoms with Crippen molar-refractivity contribution < 1.29 is 23.8 Å². The third-order valence-corrected chi connectivity index (χ3v) is 3.89. The van der Waals surface area contributed by atoms with Gasteiger partial charge in [0.15, 0.2) is 0 Å². The average Bonchev–Trinajstić information content (AvgIpc) is 2.61. The lowest BCUT2D eigenvalue weighted by molar-refractivity contribution is -0.139. The summed E-state index contributed by atoms with van der Waals surface area (Å²) in [4.78, 5) is 24.7. The first-order chi connectivity index (χ1) is 11.9. The van der Waals surface area contributed by atoms with Crippen molar-refractivity contribution in [2.75, 3.05) is 25.6 Å². The number of nitrogens with one attached hydrogen (secondary N) is 1. The van der Waals surface area contributed by atoms with Gasteiger partial charge in [0, 0.05) is 12.3 Å². The topological polar surface area (TPSA) is 73.9 Å². The number of methoxy groups -OCH3 is 1. The van der Waals surface area contributed by atoms with Crippen molar-refractivity contribution in [2.24, 2.45) is 0 Å². The molecule has 140 valence electrons. The van der Waals surface area contributed by atoms with Gasteiger partial charge in [0.1, 0.15) is 16.9 Å². The molecule has 0 heterocycles. The Hall–Kier alpha value is -2.08. The number of carbonyl (C=O) groups is 2. The lowest BCUT2D eigenvalue weighted by atomic mass is 9.97. The van der Waals surface area contributed by atoms with Crippen LogP contribution in [0, 0.1) is 0 Å². The van der Waals surface area contributed by atoms with Gasteiger partial charge in [-0.05, 0) is 45.4 Å². The Labute approximate surface area is 149 Å². The van der Waals surface area contributed by atoms with Crippen LogP contribution < -0.4 is 10.1 Å². The highest BCUT2D eigenvalue weighted by Crippen LogP contribution is 2.26. The molecule has 0 aliphatic rings. The standard InChI is InChI=1S/C19H29NO5/c1-6-9-12-19(4,25-8-3)18(22)20-14-10-11-16(24-7-2)15(13-14)17(21)23-5/h10-11,13H,6-9,12H2,1-5H3,(H,20,22)/t19-/m0/s1. The number of benzene rings is 1. The maximum Gasteiger partial charge on any atom is 0.341 e. The van der Waals surface area contributed by atoms with E-state index in [0.717, 1.165) is 12.8 Å². The SMILES string of the molecule is CCCC[C@](C)(OCC)C(=O)Nc1ccc(OCC)c(C(=O)OC)c1. The number of rotatable bonds is 10. The zero-order valence-electron chi connectivity index (χ0n) is 15.8. The highest BCUT2D eigenvalue weighted by molar-refractivity contribution is 5.99. The van der Waals surface area contributed by atoms with Crippen molar-refractivity contribution in [1.82, 2.24) is 0 Å². The smallest absolute Gasteiger partial charge is 0.341 e. The van der Waals surface area contributed by atoms with Crippen molar-refractivity contribution >= 4 is 17.6 Å². The molecule has 6 nitrogen and oxygen atoms in total. The molecule has 0 saturated carbocycles. The largest absolute Gasteiger partial charge is 0.493 e. The van der Waals surface area contributed by atoms with E-state index in [2.05, 4.69) is 12.2 Å². The highest BCUT2D eigenvalue weighted by atomic mass is 16.5. The lowest BCUT2D eigenvalue weighted by Gasteiger charge is -2.28. The van der Waals surface area contributed by atoms with Gasteiger partial charge in [-0.1, -0.05) is 19.8 Å². The quantitative estimate of drug-likeness (QED) is 0.649. The van der Waals surface area contributed by atoms with E-state index in [1.165, 1.54) is 7.11 Å². The number of hydrogen-bond acceptors (Lipinski definition) is 5. The average molecular weight is 351 g/mol. The van der Waals surface area contributed by atoms with Gasteiger partial charge in [0.2, 0.25) is 0 Å². The van der Waals surface area contributed by atoms with Crippen LogP contribution in [0.5, 0.6) is 5.75 Å². The maximum atomic E-state index is 12.7. The molecule has 1 aromatic rings. The minimum atomic E-state index is -0.908. The van der Waals surface area contributed by atoms with E-state index in [4.69, 9.17) is 14.2 Å². The molecule has 1 atom stereocenters. The fraction of sp³-hybridized carbons (Fsp3) is 0.579. The van der Waals surface area contributed by atoms with E-state index in [0.29, 0.717) is 31.1 Å². The van der Waals surface area contributed by atoms with Crippen LogP contribution in [0.1, 0.15) is 57.3 Å². The molecule has 1 rings (SSSR count). The Morgan fingerprint density at radius 2 is 1.88 bits per heavy atom. The van der Waals surface area contributed by atoms with Crippen LogP contribution in [0.3, 0.4) is 0 Å². The Morgan fingerprint density at radius 3 is 2.44 bits per heavy atom. The molecule has 0 aromatic heterocycles. The second-order valence-corrected chi connectivity index (χ2v) is 5.86. The van der Waals surface area contributed by atoms with Gasteiger partial charge in [-0.3, -0.25) is 4.79 Å². The molecule has 0 unspecified atom stereocenters. The molecule has 0 saturated heterocycles. The number of esters is 1. The summed E-state index contributed by atoms with van der Waals surface area (Å²) in [6.07, 6.45) is 2.50. The van der Waals surface area contributed by atoms with Crippen LogP contribution in [0.2, 0.25) is 0 Å². The molecule has 1 aromatic carbocycles. The summed E-state index contributed by atoms with van der Waals surface area (Å²) in [5.74, 6) is -0.327. The van der Waals surface area contributed by atoms with Crippen molar-refractivity contribution in [3.8, 4) is 5.75 Å². The fourth-order valence-electron chi connectivity index (χ4n) is 2.51.